The Morgan fingerprint density at radius 1 is 0.370 bits per heavy atom. The highest BCUT2D eigenvalue weighted by atomic mass is 32.1. The maximum atomic E-state index is 6.77. The van der Waals surface area contributed by atoms with E-state index in [-0.39, 0.29) is 0 Å². The molecule has 2 aromatic heterocycles. The van der Waals surface area contributed by atoms with E-state index < -0.39 is 0 Å². The number of benzene rings is 8. The van der Waals surface area contributed by atoms with Crippen molar-refractivity contribution < 1.29 is 4.42 Å². The summed E-state index contributed by atoms with van der Waals surface area (Å²) in [5, 5.41) is 9.78. The zero-order valence-corrected chi connectivity index (χ0v) is 25.6. The summed E-state index contributed by atoms with van der Waals surface area (Å²) in [6.07, 6.45) is 0. The molecule has 0 aliphatic heterocycles. The van der Waals surface area contributed by atoms with E-state index in [1.54, 1.807) is 0 Å². The van der Waals surface area contributed by atoms with Crippen LogP contribution in [0.15, 0.2) is 162 Å². The molecule has 10 rings (SSSR count). The van der Waals surface area contributed by atoms with Crippen LogP contribution in [0.25, 0.3) is 97.0 Å². The van der Waals surface area contributed by atoms with E-state index in [9.17, 15) is 0 Å². The van der Waals surface area contributed by atoms with E-state index in [4.69, 9.17) is 4.42 Å². The minimum Gasteiger partial charge on any atom is -0.455 e. The average molecular weight is 603 g/mol. The molecule has 0 aliphatic rings. The molecule has 0 bridgehead atoms. The molecule has 0 amide bonds. The van der Waals surface area contributed by atoms with Crippen LogP contribution in [-0.4, -0.2) is 0 Å². The van der Waals surface area contributed by atoms with Crippen LogP contribution in [0.5, 0.6) is 0 Å². The maximum absolute atomic E-state index is 6.77. The predicted molar refractivity (Wildman–Crippen MR) is 198 cm³/mol. The van der Waals surface area contributed by atoms with Gasteiger partial charge in [-0.05, 0) is 79.2 Å². The van der Waals surface area contributed by atoms with E-state index in [0.29, 0.717) is 0 Å². The summed E-state index contributed by atoms with van der Waals surface area (Å²) < 4.78 is 9.30. The third-order valence-corrected chi connectivity index (χ3v) is 10.6. The van der Waals surface area contributed by atoms with Crippen LogP contribution in [-0.2, 0) is 0 Å². The molecule has 46 heavy (non-hydrogen) atoms. The first-order valence-electron chi connectivity index (χ1n) is 15.7. The average Bonchev–Trinajstić information content (AvgIpc) is 3.69. The summed E-state index contributed by atoms with van der Waals surface area (Å²) in [5.74, 6) is 0. The smallest absolute Gasteiger partial charge is 0.145 e. The van der Waals surface area contributed by atoms with Crippen molar-refractivity contribution in [3.63, 3.8) is 0 Å². The lowest BCUT2D eigenvalue weighted by Crippen LogP contribution is -1.92. The van der Waals surface area contributed by atoms with Crippen LogP contribution in [0.2, 0.25) is 0 Å². The first-order valence-corrected chi connectivity index (χ1v) is 16.5. The lowest BCUT2D eigenvalue weighted by molar-refractivity contribution is 0.673. The van der Waals surface area contributed by atoms with Crippen molar-refractivity contribution in [2.45, 2.75) is 0 Å². The monoisotopic (exact) mass is 602 g/mol. The molecular formula is C44H26OS. The molecular weight excluding hydrogens is 577 g/mol. The second-order valence-electron chi connectivity index (χ2n) is 12.0. The zero-order valence-electron chi connectivity index (χ0n) is 24.8. The van der Waals surface area contributed by atoms with E-state index in [1.807, 2.05) is 11.3 Å². The minimum absolute atomic E-state index is 0.921. The van der Waals surface area contributed by atoms with Crippen molar-refractivity contribution in [3.8, 4) is 33.4 Å². The van der Waals surface area contributed by atoms with Crippen LogP contribution in [0.4, 0.5) is 0 Å². The fourth-order valence-corrected chi connectivity index (χ4v) is 8.65. The number of furan rings is 1. The van der Waals surface area contributed by atoms with Crippen molar-refractivity contribution >= 4 is 75.0 Å². The van der Waals surface area contributed by atoms with E-state index >= 15 is 0 Å². The van der Waals surface area contributed by atoms with Gasteiger partial charge in [0.1, 0.15) is 11.2 Å². The molecule has 10 aromatic rings. The number of hydrogen-bond acceptors (Lipinski definition) is 2. The molecule has 1 nitrogen and oxygen atoms in total. The molecule has 0 fully saturated rings. The van der Waals surface area contributed by atoms with Crippen molar-refractivity contribution in [2.75, 3.05) is 0 Å². The number of para-hydroxylation sites is 1. The topological polar surface area (TPSA) is 13.1 Å². The Morgan fingerprint density at radius 3 is 1.67 bits per heavy atom. The number of thiophene rings is 1. The molecule has 0 radical (unpaired) electrons. The fraction of sp³-hybridized carbons (Fsp3) is 0. The SMILES string of the molecule is c1ccc(-c2cccc(-c3c4ccccc4c(-c4cc5sc6ccccc6c5c5oc6ccccc6c45)c4ccccc34)c2)cc1. The molecule has 0 N–H and O–H groups in total. The van der Waals surface area contributed by atoms with E-state index in [2.05, 4.69) is 158 Å². The van der Waals surface area contributed by atoms with Gasteiger partial charge in [-0.3, -0.25) is 0 Å². The first-order chi connectivity index (χ1) is 22.8. The van der Waals surface area contributed by atoms with Crippen LogP contribution >= 0.6 is 11.3 Å². The Hall–Kier alpha value is -5.70. The Balaban J connectivity index is 1.36. The molecule has 2 heterocycles. The number of rotatable bonds is 3. The molecule has 8 aromatic carbocycles. The van der Waals surface area contributed by atoms with Gasteiger partial charge in [0.25, 0.3) is 0 Å². The van der Waals surface area contributed by atoms with Gasteiger partial charge in [0.15, 0.2) is 0 Å². The number of fused-ring (bicyclic) bond motifs is 9. The van der Waals surface area contributed by atoms with Gasteiger partial charge in [0, 0.05) is 30.9 Å². The van der Waals surface area contributed by atoms with Gasteiger partial charge in [-0.15, -0.1) is 11.3 Å². The van der Waals surface area contributed by atoms with E-state index in [1.165, 1.54) is 80.5 Å². The molecule has 0 saturated heterocycles. The quantitative estimate of drug-likeness (QED) is 0.183. The summed E-state index contributed by atoms with van der Waals surface area (Å²) >= 11 is 1.85. The van der Waals surface area contributed by atoms with Crippen molar-refractivity contribution in [1.82, 2.24) is 0 Å². The Morgan fingerprint density at radius 2 is 0.935 bits per heavy atom. The van der Waals surface area contributed by atoms with Crippen LogP contribution in [0, 0.1) is 0 Å². The van der Waals surface area contributed by atoms with Crippen molar-refractivity contribution in [3.05, 3.63) is 158 Å². The third-order valence-electron chi connectivity index (χ3n) is 9.45. The Kier molecular flexibility index (Phi) is 5.51. The standard InChI is InChI=1S/C44H26OS/c1-2-13-27(14-3-1)28-15-12-16-29(25-28)40-30-17-4-6-19-32(30)41(33-20-7-5-18-31(33)40)36-26-39-43(35-22-9-11-24-38(35)46-39)44-42(36)34-21-8-10-23-37(34)45-44/h1-26H. The van der Waals surface area contributed by atoms with Gasteiger partial charge in [0.05, 0.1) is 0 Å². The molecule has 0 aliphatic carbocycles. The molecule has 0 saturated carbocycles. The summed E-state index contributed by atoms with van der Waals surface area (Å²) in [7, 11) is 0. The predicted octanol–water partition coefficient (Wildman–Crippen LogP) is 13.3. The summed E-state index contributed by atoms with van der Waals surface area (Å²) in [4.78, 5) is 0. The zero-order chi connectivity index (χ0) is 30.2. The summed E-state index contributed by atoms with van der Waals surface area (Å²) in [6, 6.07) is 57.1. The highest BCUT2D eigenvalue weighted by Gasteiger charge is 2.23. The van der Waals surface area contributed by atoms with Gasteiger partial charge in [-0.1, -0.05) is 133 Å². The van der Waals surface area contributed by atoms with Crippen molar-refractivity contribution in [2.24, 2.45) is 0 Å². The van der Waals surface area contributed by atoms with Gasteiger partial charge in [-0.2, -0.15) is 0 Å². The summed E-state index contributed by atoms with van der Waals surface area (Å²) in [6.45, 7) is 0. The Labute approximate surface area is 269 Å². The third kappa shape index (κ3) is 3.68. The lowest BCUT2D eigenvalue weighted by atomic mass is 9.84. The molecule has 0 spiro atoms. The molecule has 214 valence electrons. The Bertz CT molecular complexity index is 2740. The fourth-order valence-electron chi connectivity index (χ4n) is 7.50. The second-order valence-corrected chi connectivity index (χ2v) is 13.1. The normalized spacial score (nSPS) is 11.9. The van der Waals surface area contributed by atoms with Crippen LogP contribution < -0.4 is 0 Å². The van der Waals surface area contributed by atoms with Crippen LogP contribution in [0.1, 0.15) is 0 Å². The molecule has 0 atom stereocenters. The van der Waals surface area contributed by atoms with Gasteiger partial charge in [-0.25, -0.2) is 0 Å². The molecule has 2 heteroatoms. The largest absolute Gasteiger partial charge is 0.455 e. The van der Waals surface area contributed by atoms with Crippen molar-refractivity contribution in [1.29, 1.82) is 0 Å². The molecule has 0 unspecified atom stereocenters. The number of hydrogen-bond donors (Lipinski definition) is 0. The van der Waals surface area contributed by atoms with Gasteiger partial charge < -0.3 is 4.42 Å². The first kappa shape index (κ1) is 25.6. The maximum Gasteiger partial charge on any atom is 0.145 e. The van der Waals surface area contributed by atoms with Gasteiger partial charge >= 0.3 is 0 Å². The van der Waals surface area contributed by atoms with E-state index in [0.717, 1.165) is 16.6 Å². The summed E-state index contributed by atoms with van der Waals surface area (Å²) in [5.41, 5.74) is 9.30. The van der Waals surface area contributed by atoms with Gasteiger partial charge in [0.2, 0.25) is 0 Å². The van der Waals surface area contributed by atoms with Crippen LogP contribution in [0.3, 0.4) is 0 Å². The minimum atomic E-state index is 0.921. The highest BCUT2D eigenvalue weighted by Crippen LogP contribution is 2.50. The highest BCUT2D eigenvalue weighted by molar-refractivity contribution is 7.26. The second kappa shape index (κ2) is 9.90. The lowest BCUT2D eigenvalue weighted by Gasteiger charge is -2.19.